The highest BCUT2D eigenvalue weighted by Crippen LogP contribution is 2.34. The summed E-state index contributed by atoms with van der Waals surface area (Å²) in [5.41, 5.74) is 2.81. The number of rotatable bonds is 9. The monoisotopic (exact) mass is 488 g/mol. The van der Waals surface area contributed by atoms with Crippen molar-refractivity contribution < 1.29 is 19.0 Å². The van der Waals surface area contributed by atoms with Crippen LogP contribution >= 0.6 is 11.8 Å². The van der Waals surface area contributed by atoms with Crippen molar-refractivity contribution in [2.24, 2.45) is 0 Å². The average Bonchev–Trinajstić information content (AvgIpc) is 3.53. The summed E-state index contributed by atoms with van der Waals surface area (Å²) in [5, 5.41) is 12.4. The number of nitrogens with zero attached hydrogens (tertiary/aromatic N) is 3. The number of aromatic nitrogens is 3. The Labute approximate surface area is 207 Å². The number of carbonyl (C=O) groups is 1. The molecule has 0 saturated heterocycles. The molecule has 0 unspecified atom stereocenters. The third-order valence-corrected chi connectivity index (χ3v) is 6.49. The SMILES string of the molecule is COc1ccc(-c2nnc(SCC(=O)Nc3ccc4c(c3)OCO4)n2CCc2ccccc2)cc1. The lowest BCUT2D eigenvalue weighted by atomic mass is 10.1. The first-order chi connectivity index (χ1) is 17.2. The molecule has 0 spiro atoms. The van der Waals surface area contributed by atoms with E-state index < -0.39 is 0 Å². The Kier molecular flexibility index (Phi) is 6.85. The summed E-state index contributed by atoms with van der Waals surface area (Å²) in [6, 6.07) is 23.3. The Morgan fingerprint density at radius 3 is 2.63 bits per heavy atom. The van der Waals surface area contributed by atoms with Gasteiger partial charge in [0.2, 0.25) is 12.7 Å². The van der Waals surface area contributed by atoms with Gasteiger partial charge in [0, 0.05) is 23.9 Å². The molecular formula is C26H24N4O4S. The molecule has 0 atom stereocenters. The first-order valence-electron chi connectivity index (χ1n) is 11.1. The van der Waals surface area contributed by atoms with Crippen LogP contribution in [0.3, 0.4) is 0 Å². The first kappa shape index (κ1) is 22.8. The van der Waals surface area contributed by atoms with Crippen molar-refractivity contribution in [1.82, 2.24) is 14.8 Å². The molecule has 4 aromatic rings. The van der Waals surface area contributed by atoms with Gasteiger partial charge in [0.15, 0.2) is 22.5 Å². The number of benzene rings is 3. The molecule has 8 nitrogen and oxygen atoms in total. The maximum Gasteiger partial charge on any atom is 0.234 e. The lowest BCUT2D eigenvalue weighted by molar-refractivity contribution is -0.113. The normalized spacial score (nSPS) is 11.9. The summed E-state index contributed by atoms with van der Waals surface area (Å²) >= 11 is 1.35. The van der Waals surface area contributed by atoms with Crippen LogP contribution < -0.4 is 19.5 Å². The van der Waals surface area contributed by atoms with Gasteiger partial charge in [0.25, 0.3) is 0 Å². The molecule has 0 fully saturated rings. The zero-order chi connectivity index (χ0) is 24.0. The summed E-state index contributed by atoms with van der Waals surface area (Å²) < 4.78 is 18.0. The van der Waals surface area contributed by atoms with Crippen molar-refractivity contribution in [3.05, 3.63) is 78.4 Å². The molecular weight excluding hydrogens is 464 g/mol. The van der Waals surface area contributed by atoms with E-state index in [4.69, 9.17) is 14.2 Å². The van der Waals surface area contributed by atoms with Crippen LogP contribution in [-0.2, 0) is 17.8 Å². The van der Waals surface area contributed by atoms with E-state index in [1.54, 1.807) is 25.3 Å². The predicted molar refractivity (Wildman–Crippen MR) is 134 cm³/mol. The molecule has 1 aromatic heterocycles. The number of fused-ring (bicyclic) bond motifs is 1. The number of amides is 1. The number of methoxy groups -OCH3 is 1. The van der Waals surface area contributed by atoms with Gasteiger partial charge in [0.05, 0.1) is 12.9 Å². The van der Waals surface area contributed by atoms with E-state index in [-0.39, 0.29) is 18.5 Å². The van der Waals surface area contributed by atoms with E-state index in [2.05, 4.69) is 32.2 Å². The van der Waals surface area contributed by atoms with Gasteiger partial charge < -0.3 is 24.1 Å². The Morgan fingerprint density at radius 2 is 1.83 bits per heavy atom. The summed E-state index contributed by atoms with van der Waals surface area (Å²) in [6.45, 7) is 0.877. The third-order valence-electron chi connectivity index (χ3n) is 5.52. The van der Waals surface area contributed by atoms with Crippen LogP contribution in [0.25, 0.3) is 11.4 Å². The quantitative estimate of drug-likeness (QED) is 0.343. The van der Waals surface area contributed by atoms with Crippen LogP contribution in [-0.4, -0.2) is 40.3 Å². The minimum atomic E-state index is -0.141. The topological polar surface area (TPSA) is 87.5 Å². The maximum absolute atomic E-state index is 12.6. The number of thioether (sulfide) groups is 1. The first-order valence-corrected chi connectivity index (χ1v) is 12.1. The second kappa shape index (κ2) is 10.5. The van der Waals surface area contributed by atoms with E-state index in [0.717, 1.165) is 23.6 Å². The van der Waals surface area contributed by atoms with E-state index in [1.165, 1.54) is 17.3 Å². The molecule has 3 aromatic carbocycles. The number of hydrogen-bond donors (Lipinski definition) is 1. The standard InChI is InChI=1S/C26H24N4O4S/c1-32-21-10-7-19(8-11-21)25-28-29-26(30(25)14-13-18-5-3-2-4-6-18)35-16-24(31)27-20-9-12-22-23(15-20)34-17-33-22/h2-12,15H,13-14,16-17H2,1H3,(H,27,31). The Balaban J connectivity index is 1.31. The van der Waals surface area contributed by atoms with Crippen LogP contribution in [0.2, 0.25) is 0 Å². The van der Waals surface area contributed by atoms with Gasteiger partial charge in [-0.1, -0.05) is 42.1 Å². The Morgan fingerprint density at radius 1 is 1.03 bits per heavy atom. The largest absolute Gasteiger partial charge is 0.497 e. The molecule has 0 aliphatic carbocycles. The van der Waals surface area contributed by atoms with Gasteiger partial charge >= 0.3 is 0 Å². The molecule has 0 bridgehead atoms. The van der Waals surface area contributed by atoms with E-state index >= 15 is 0 Å². The minimum absolute atomic E-state index is 0.141. The molecule has 1 N–H and O–H groups in total. The second-order valence-corrected chi connectivity index (χ2v) is 8.77. The predicted octanol–water partition coefficient (Wildman–Crippen LogP) is 4.66. The fraction of sp³-hybridized carbons (Fsp3) is 0.192. The third kappa shape index (κ3) is 5.41. The highest BCUT2D eigenvalue weighted by Gasteiger charge is 2.17. The molecule has 0 saturated carbocycles. The van der Waals surface area contributed by atoms with Crippen LogP contribution in [0.4, 0.5) is 5.69 Å². The number of aryl methyl sites for hydroxylation is 1. The van der Waals surface area contributed by atoms with Crippen molar-refractivity contribution >= 4 is 23.4 Å². The molecule has 35 heavy (non-hydrogen) atoms. The Bertz CT molecular complexity index is 1310. The summed E-state index contributed by atoms with van der Waals surface area (Å²) in [4.78, 5) is 12.6. The summed E-state index contributed by atoms with van der Waals surface area (Å²) in [5.74, 6) is 2.88. The van der Waals surface area contributed by atoms with Gasteiger partial charge in [-0.05, 0) is 48.4 Å². The Hall–Kier alpha value is -3.98. The van der Waals surface area contributed by atoms with E-state index in [0.29, 0.717) is 28.9 Å². The van der Waals surface area contributed by atoms with Gasteiger partial charge in [-0.3, -0.25) is 4.79 Å². The number of hydrogen-bond acceptors (Lipinski definition) is 7. The van der Waals surface area contributed by atoms with Gasteiger partial charge in [-0.15, -0.1) is 10.2 Å². The molecule has 9 heteroatoms. The summed E-state index contributed by atoms with van der Waals surface area (Å²) in [7, 11) is 1.64. The molecule has 1 aliphatic rings. The number of nitrogens with one attached hydrogen (secondary N) is 1. The maximum atomic E-state index is 12.6. The zero-order valence-electron chi connectivity index (χ0n) is 19.1. The minimum Gasteiger partial charge on any atom is -0.497 e. The lowest BCUT2D eigenvalue weighted by Crippen LogP contribution is -2.15. The second-order valence-electron chi connectivity index (χ2n) is 7.83. The molecule has 2 heterocycles. The summed E-state index contributed by atoms with van der Waals surface area (Å²) in [6.07, 6.45) is 0.818. The van der Waals surface area contributed by atoms with Crippen molar-refractivity contribution in [3.63, 3.8) is 0 Å². The molecule has 178 valence electrons. The van der Waals surface area contributed by atoms with Crippen LogP contribution in [0, 0.1) is 0 Å². The fourth-order valence-electron chi connectivity index (χ4n) is 3.74. The van der Waals surface area contributed by atoms with Crippen molar-refractivity contribution in [2.45, 2.75) is 18.1 Å². The van der Waals surface area contributed by atoms with Crippen LogP contribution in [0.15, 0.2) is 78.0 Å². The molecule has 0 radical (unpaired) electrons. The number of anilines is 1. The molecule has 1 amide bonds. The molecule has 1 aliphatic heterocycles. The highest BCUT2D eigenvalue weighted by molar-refractivity contribution is 7.99. The van der Waals surface area contributed by atoms with Crippen LogP contribution in [0.1, 0.15) is 5.56 Å². The van der Waals surface area contributed by atoms with E-state index in [9.17, 15) is 4.79 Å². The van der Waals surface area contributed by atoms with Crippen molar-refractivity contribution in [2.75, 3.05) is 25.0 Å². The smallest absolute Gasteiger partial charge is 0.234 e. The van der Waals surface area contributed by atoms with Gasteiger partial charge in [0.1, 0.15) is 5.75 Å². The fourth-order valence-corrected chi connectivity index (χ4v) is 4.50. The highest BCUT2D eigenvalue weighted by atomic mass is 32.2. The van der Waals surface area contributed by atoms with Gasteiger partial charge in [-0.25, -0.2) is 0 Å². The average molecular weight is 489 g/mol. The van der Waals surface area contributed by atoms with Crippen LogP contribution in [0.5, 0.6) is 17.2 Å². The van der Waals surface area contributed by atoms with Crippen molar-refractivity contribution in [1.29, 1.82) is 0 Å². The van der Waals surface area contributed by atoms with Crippen molar-refractivity contribution in [3.8, 4) is 28.6 Å². The number of carbonyl (C=O) groups excluding carboxylic acids is 1. The van der Waals surface area contributed by atoms with Gasteiger partial charge in [-0.2, -0.15) is 0 Å². The molecule has 5 rings (SSSR count). The number of ether oxygens (including phenoxy) is 3. The lowest BCUT2D eigenvalue weighted by Gasteiger charge is -2.11. The van der Waals surface area contributed by atoms with E-state index in [1.807, 2.05) is 42.5 Å². The zero-order valence-corrected chi connectivity index (χ0v) is 20.0.